The Morgan fingerprint density at radius 1 is 0.960 bits per heavy atom. The van der Waals surface area contributed by atoms with Crippen LogP contribution < -0.4 is 29.2 Å². The van der Waals surface area contributed by atoms with E-state index in [-0.39, 0.29) is 37.5 Å². The molecule has 0 saturated carbocycles. The molecule has 5 rings (SSSR count). The second kappa shape index (κ2) is 16.2. The van der Waals surface area contributed by atoms with Gasteiger partial charge in [-0.15, -0.1) is 0 Å². The molecule has 0 radical (unpaired) electrons. The summed E-state index contributed by atoms with van der Waals surface area (Å²) in [6, 6.07) is 18.6. The molecule has 0 aliphatic carbocycles. The Kier molecular flexibility index (Phi) is 11.7. The smallest absolute Gasteiger partial charge is 0.410 e. The van der Waals surface area contributed by atoms with Crippen LogP contribution in [0.25, 0.3) is 0 Å². The molecule has 0 aromatic heterocycles. The van der Waals surface area contributed by atoms with Gasteiger partial charge in [-0.3, -0.25) is 9.59 Å². The van der Waals surface area contributed by atoms with Crippen molar-refractivity contribution in [2.75, 3.05) is 64.4 Å². The van der Waals surface area contributed by atoms with Crippen LogP contribution in [0.1, 0.15) is 50.7 Å². The summed E-state index contributed by atoms with van der Waals surface area (Å²) < 4.78 is 33.4. The second-order valence-corrected chi connectivity index (χ2v) is 13.4. The number of likely N-dealkylation sites (tertiary alicyclic amines) is 1. The number of fused-ring (bicyclic) bond motifs is 1. The van der Waals surface area contributed by atoms with Gasteiger partial charge in [0.25, 0.3) is 5.91 Å². The van der Waals surface area contributed by atoms with Gasteiger partial charge >= 0.3 is 6.09 Å². The molecule has 0 spiro atoms. The topological polar surface area (TPSA) is 125 Å². The fourth-order valence-electron chi connectivity index (χ4n) is 6.18. The first-order valence-corrected chi connectivity index (χ1v) is 16.8. The molecular weight excluding hydrogens is 642 g/mol. The number of benzene rings is 3. The van der Waals surface area contributed by atoms with Crippen LogP contribution in [0, 0.1) is 5.92 Å². The fourth-order valence-corrected chi connectivity index (χ4v) is 6.18. The van der Waals surface area contributed by atoms with Crippen molar-refractivity contribution in [1.29, 1.82) is 0 Å². The van der Waals surface area contributed by atoms with Crippen molar-refractivity contribution >= 4 is 29.3 Å². The molecule has 1 fully saturated rings. The molecule has 3 amide bonds. The minimum atomic E-state index is -0.676. The second-order valence-electron chi connectivity index (χ2n) is 13.4. The van der Waals surface area contributed by atoms with E-state index in [2.05, 4.69) is 5.32 Å². The third-order valence-electron chi connectivity index (χ3n) is 8.61. The summed E-state index contributed by atoms with van der Waals surface area (Å²) in [5, 5.41) is 3.07. The first kappa shape index (κ1) is 36.3. The lowest BCUT2D eigenvalue weighted by Crippen LogP contribution is -2.48. The number of hydrogen-bond donors (Lipinski definition) is 1. The average Bonchev–Trinajstić information content (AvgIpc) is 3.10. The summed E-state index contributed by atoms with van der Waals surface area (Å²) in [5.41, 5.74) is 2.32. The molecule has 1 N–H and O–H groups in total. The third-order valence-corrected chi connectivity index (χ3v) is 8.61. The van der Waals surface area contributed by atoms with E-state index in [1.807, 2.05) is 45.0 Å². The normalized spacial score (nSPS) is 17.4. The van der Waals surface area contributed by atoms with E-state index >= 15 is 0 Å². The fraction of sp³-hybridized carbons (Fsp3) is 0.447. The molecule has 12 nitrogen and oxygen atoms in total. The first-order valence-electron chi connectivity index (χ1n) is 16.8. The van der Waals surface area contributed by atoms with E-state index in [9.17, 15) is 14.4 Å². The molecular formula is C38H47N3O9. The van der Waals surface area contributed by atoms with Crippen LogP contribution in [0.3, 0.4) is 0 Å². The Morgan fingerprint density at radius 2 is 1.70 bits per heavy atom. The Hall–Kier alpha value is -4.97. The Morgan fingerprint density at radius 3 is 2.40 bits per heavy atom. The number of hydrogen-bond acceptors (Lipinski definition) is 9. The first-order chi connectivity index (χ1) is 24.0. The number of carbonyl (C=O) groups excluding carboxylic acids is 3. The number of rotatable bonds is 12. The van der Waals surface area contributed by atoms with E-state index in [1.165, 1.54) is 0 Å². The van der Waals surface area contributed by atoms with Gasteiger partial charge in [-0.05, 0) is 68.9 Å². The number of nitrogens with zero attached hydrogens (tertiary/aromatic N) is 2. The van der Waals surface area contributed by atoms with Crippen LogP contribution in [0.2, 0.25) is 0 Å². The molecule has 3 aromatic carbocycles. The lowest BCUT2D eigenvalue weighted by Gasteiger charge is -2.38. The highest BCUT2D eigenvalue weighted by Gasteiger charge is 2.38. The zero-order valence-corrected chi connectivity index (χ0v) is 29.7. The lowest BCUT2D eigenvalue weighted by molar-refractivity contribution is -0.122. The summed E-state index contributed by atoms with van der Waals surface area (Å²) in [6.45, 7) is 7.27. The molecule has 0 unspecified atom stereocenters. The van der Waals surface area contributed by atoms with Crippen molar-refractivity contribution in [3.8, 4) is 23.0 Å². The van der Waals surface area contributed by atoms with Crippen molar-refractivity contribution in [3.63, 3.8) is 0 Å². The van der Waals surface area contributed by atoms with E-state index < -0.39 is 17.6 Å². The predicted molar refractivity (Wildman–Crippen MR) is 188 cm³/mol. The number of methoxy groups -OCH3 is 3. The molecule has 2 aliphatic rings. The van der Waals surface area contributed by atoms with Crippen molar-refractivity contribution in [2.45, 2.75) is 51.7 Å². The van der Waals surface area contributed by atoms with Crippen LogP contribution in [0.4, 0.5) is 16.2 Å². The molecule has 3 aromatic rings. The monoisotopic (exact) mass is 689 g/mol. The van der Waals surface area contributed by atoms with E-state index in [0.29, 0.717) is 66.9 Å². The maximum atomic E-state index is 14.2. The van der Waals surface area contributed by atoms with Crippen molar-refractivity contribution in [2.24, 2.45) is 5.92 Å². The lowest BCUT2D eigenvalue weighted by atomic mass is 9.79. The van der Waals surface area contributed by atoms with Gasteiger partial charge in [0.2, 0.25) is 5.91 Å². The minimum absolute atomic E-state index is 0.0478. The highest BCUT2D eigenvalue weighted by atomic mass is 16.6. The van der Waals surface area contributed by atoms with Gasteiger partial charge in [-0.1, -0.05) is 24.3 Å². The number of anilines is 2. The molecule has 50 heavy (non-hydrogen) atoms. The average molecular weight is 690 g/mol. The van der Waals surface area contributed by atoms with Gasteiger partial charge in [0, 0.05) is 57.2 Å². The van der Waals surface area contributed by atoms with E-state index in [0.717, 1.165) is 11.1 Å². The maximum Gasteiger partial charge on any atom is 0.410 e. The SMILES string of the molecule is COCCCN1C(=O)COc2ccc(NC(=O)[C@H]3CN(C(=O)OC(C)(C)C)CC[C@@H]3c3cccc(COc4cc(OC)cc(OC)c4)c3)cc21. The highest BCUT2D eigenvalue weighted by Crippen LogP contribution is 2.38. The molecule has 1 saturated heterocycles. The van der Waals surface area contributed by atoms with E-state index in [4.69, 9.17) is 28.4 Å². The molecule has 268 valence electrons. The Balaban J connectivity index is 1.38. The quantitative estimate of drug-likeness (QED) is 0.227. The van der Waals surface area contributed by atoms with E-state index in [1.54, 1.807) is 67.5 Å². The number of amides is 3. The minimum Gasteiger partial charge on any atom is -0.496 e. The predicted octanol–water partition coefficient (Wildman–Crippen LogP) is 6.02. The Bertz CT molecular complexity index is 1650. The summed E-state index contributed by atoms with van der Waals surface area (Å²) in [5.74, 6) is 1.21. The number of nitrogens with one attached hydrogen (secondary N) is 1. The molecule has 0 bridgehead atoms. The maximum absolute atomic E-state index is 14.2. The van der Waals surface area contributed by atoms with Gasteiger partial charge < -0.3 is 43.5 Å². The summed E-state index contributed by atoms with van der Waals surface area (Å²) in [4.78, 5) is 43.4. The Labute approximate surface area is 293 Å². The number of carbonyl (C=O) groups is 3. The summed E-state index contributed by atoms with van der Waals surface area (Å²) in [7, 11) is 4.79. The van der Waals surface area contributed by atoms with Gasteiger partial charge in [0.05, 0.1) is 25.8 Å². The van der Waals surface area contributed by atoms with Crippen molar-refractivity contribution in [1.82, 2.24) is 4.90 Å². The standard InChI is InChI=1S/C38H47N3O9/c1-38(2,3)50-37(44)40-15-13-31(26-10-7-9-25(17-26)23-48-30-20-28(46-5)19-29(21-30)47-6)32(22-40)36(43)39-27-11-12-34-33(18-27)41(14-8-16-45-4)35(42)24-49-34/h7,9-12,17-21,31-32H,8,13-16,22-24H2,1-6H3,(H,39,43)/t31-,32+/m1/s1. The molecule has 2 aliphatic heterocycles. The van der Waals surface area contributed by atoms with Gasteiger partial charge in [-0.25, -0.2) is 4.79 Å². The largest absolute Gasteiger partial charge is 0.496 e. The van der Waals surface area contributed by atoms with Gasteiger partial charge in [-0.2, -0.15) is 0 Å². The zero-order chi connectivity index (χ0) is 35.8. The van der Waals surface area contributed by atoms with Gasteiger partial charge in [0.1, 0.15) is 35.2 Å². The van der Waals surface area contributed by atoms with Crippen LogP contribution >= 0.6 is 0 Å². The van der Waals surface area contributed by atoms with Crippen LogP contribution in [0.15, 0.2) is 60.7 Å². The molecule has 2 heterocycles. The van der Waals surface area contributed by atoms with Crippen LogP contribution in [-0.4, -0.2) is 82.6 Å². The third kappa shape index (κ3) is 9.17. The number of ether oxygens (including phenoxy) is 6. The van der Waals surface area contributed by atoms with Crippen LogP contribution in [0.5, 0.6) is 23.0 Å². The zero-order valence-electron chi connectivity index (χ0n) is 29.7. The highest BCUT2D eigenvalue weighted by molar-refractivity contribution is 6.00. The van der Waals surface area contributed by atoms with Crippen molar-refractivity contribution < 1.29 is 42.8 Å². The van der Waals surface area contributed by atoms with Gasteiger partial charge in [0.15, 0.2) is 6.61 Å². The van der Waals surface area contributed by atoms with Crippen molar-refractivity contribution in [3.05, 3.63) is 71.8 Å². The number of piperidine rings is 1. The van der Waals surface area contributed by atoms with Crippen LogP contribution in [-0.2, 0) is 25.7 Å². The summed E-state index contributed by atoms with van der Waals surface area (Å²) in [6.07, 6.45) is 0.746. The molecule has 12 heteroatoms. The summed E-state index contributed by atoms with van der Waals surface area (Å²) >= 11 is 0. The molecule has 2 atom stereocenters.